The van der Waals surface area contributed by atoms with Gasteiger partial charge in [0.2, 0.25) is 0 Å². The lowest BCUT2D eigenvalue weighted by molar-refractivity contribution is -0.723. The van der Waals surface area contributed by atoms with Gasteiger partial charge < -0.3 is 9.64 Å². The third-order valence-corrected chi connectivity index (χ3v) is 3.20. The maximum Gasteiger partial charge on any atom is 0.454 e. The molecular formula is C12H15BrN3O3+. The summed E-state index contributed by atoms with van der Waals surface area (Å²) in [5.74, 6) is 0.286. The van der Waals surface area contributed by atoms with Crippen LogP contribution in [-0.2, 0) is 9.57 Å². The Balaban J connectivity index is 1.93. The van der Waals surface area contributed by atoms with E-state index >= 15 is 0 Å². The summed E-state index contributed by atoms with van der Waals surface area (Å²) < 4.78 is 6.10. The van der Waals surface area contributed by atoms with Crippen molar-refractivity contribution in [2.45, 2.75) is 0 Å². The highest BCUT2D eigenvalue weighted by atomic mass is 79.9. The number of nitrogens with zero attached hydrogens (tertiary/aromatic N) is 1. The minimum absolute atomic E-state index is 0.286. The maximum absolute atomic E-state index is 11.7. The number of carbonyl (C=O) groups excluding carboxylic acids is 1. The van der Waals surface area contributed by atoms with Gasteiger partial charge in [0.1, 0.15) is 0 Å². The van der Waals surface area contributed by atoms with E-state index in [1.165, 1.54) is 0 Å². The Morgan fingerprint density at radius 2 is 1.95 bits per heavy atom. The number of halogens is 1. The van der Waals surface area contributed by atoms with Crippen LogP contribution in [0.5, 0.6) is 0 Å². The Morgan fingerprint density at radius 3 is 2.58 bits per heavy atom. The number of nitrogens with two attached hydrogens (primary N) is 1. The van der Waals surface area contributed by atoms with E-state index in [-0.39, 0.29) is 5.84 Å². The summed E-state index contributed by atoms with van der Waals surface area (Å²) in [5.41, 5.74) is 6.54. The lowest BCUT2D eigenvalue weighted by Gasteiger charge is -2.23. The Kier molecular flexibility index (Phi) is 4.75. The lowest BCUT2D eigenvalue weighted by Crippen LogP contribution is -2.76. The molecule has 0 aliphatic carbocycles. The van der Waals surface area contributed by atoms with Gasteiger partial charge in [-0.05, 0) is 24.3 Å². The van der Waals surface area contributed by atoms with Crippen molar-refractivity contribution in [3.8, 4) is 0 Å². The number of rotatable bonds is 2. The number of nitrogen functional groups attached to an aromatic ring is 1. The molecule has 0 atom stereocenters. The number of morpholine rings is 1. The van der Waals surface area contributed by atoms with Crippen molar-refractivity contribution in [3.05, 3.63) is 34.3 Å². The molecule has 3 N–H and O–H groups in total. The van der Waals surface area contributed by atoms with Crippen molar-refractivity contribution in [3.63, 3.8) is 0 Å². The van der Waals surface area contributed by atoms with Crippen LogP contribution < -0.4 is 10.9 Å². The minimum Gasteiger partial charge on any atom is -0.378 e. The largest absolute Gasteiger partial charge is 0.454 e. The van der Waals surface area contributed by atoms with Gasteiger partial charge in [-0.25, -0.2) is 9.63 Å². The quantitative estimate of drug-likeness (QED) is 0.336. The average molecular weight is 329 g/mol. The first kappa shape index (κ1) is 13.8. The van der Waals surface area contributed by atoms with Gasteiger partial charge in [0.25, 0.3) is 0 Å². The van der Waals surface area contributed by atoms with Crippen molar-refractivity contribution >= 4 is 27.9 Å². The van der Waals surface area contributed by atoms with Gasteiger partial charge in [0.15, 0.2) is 0 Å². The molecular weight excluding hydrogens is 314 g/mol. The zero-order valence-electron chi connectivity index (χ0n) is 10.3. The highest BCUT2D eigenvalue weighted by molar-refractivity contribution is 9.10. The average Bonchev–Trinajstić information content (AvgIpc) is 2.46. The first-order valence-corrected chi connectivity index (χ1v) is 6.64. The summed E-state index contributed by atoms with van der Waals surface area (Å²) in [6, 6.07) is 7.34. The molecule has 0 radical (unpaired) electrons. The van der Waals surface area contributed by atoms with Gasteiger partial charge in [-0.3, -0.25) is 5.73 Å². The number of amides is 1. The molecule has 0 saturated carbocycles. The highest BCUT2D eigenvalue weighted by Gasteiger charge is 2.19. The molecule has 7 heteroatoms. The molecule has 0 aromatic heterocycles. The van der Waals surface area contributed by atoms with Crippen molar-refractivity contribution in [1.82, 2.24) is 4.90 Å². The monoisotopic (exact) mass is 328 g/mol. The molecule has 1 aliphatic rings. The molecule has 19 heavy (non-hydrogen) atoms. The summed E-state index contributed by atoms with van der Waals surface area (Å²) >= 11 is 3.33. The molecule has 1 heterocycles. The molecule has 1 amide bonds. The number of amidine groups is 1. The van der Waals surface area contributed by atoms with Gasteiger partial charge >= 0.3 is 11.9 Å². The molecule has 1 fully saturated rings. The number of hydrogen-bond donors (Lipinski definition) is 2. The van der Waals surface area contributed by atoms with E-state index in [1.807, 2.05) is 24.3 Å². The minimum atomic E-state index is -0.455. The summed E-state index contributed by atoms with van der Waals surface area (Å²) in [5, 5.41) is 2.46. The van der Waals surface area contributed by atoms with Crippen molar-refractivity contribution in [2.75, 3.05) is 26.3 Å². The fraction of sp³-hybridized carbons (Fsp3) is 0.333. The summed E-state index contributed by atoms with van der Waals surface area (Å²) in [6.07, 6.45) is -0.455. The second-order valence-corrected chi connectivity index (χ2v) is 4.91. The first-order valence-electron chi connectivity index (χ1n) is 5.84. The molecule has 1 saturated heterocycles. The number of hydrogen-bond acceptors (Lipinski definition) is 3. The number of benzene rings is 1. The smallest absolute Gasteiger partial charge is 0.378 e. The summed E-state index contributed by atoms with van der Waals surface area (Å²) in [6.45, 7) is 2.11. The van der Waals surface area contributed by atoms with Crippen LogP contribution in [0, 0.1) is 0 Å². The van der Waals surface area contributed by atoms with Crippen LogP contribution in [0.4, 0.5) is 4.79 Å². The lowest BCUT2D eigenvalue weighted by atomic mass is 10.2. The SMILES string of the molecule is NC(=[NH+]OC(=O)N1CCOCC1)c1ccc(Br)cc1. The zero-order valence-corrected chi connectivity index (χ0v) is 11.9. The Morgan fingerprint density at radius 1 is 1.32 bits per heavy atom. The van der Waals surface area contributed by atoms with E-state index in [4.69, 9.17) is 15.3 Å². The Bertz CT molecular complexity index is 470. The van der Waals surface area contributed by atoms with E-state index in [2.05, 4.69) is 21.1 Å². The number of carbonyl (C=O) groups is 1. The second-order valence-electron chi connectivity index (χ2n) is 3.99. The van der Waals surface area contributed by atoms with Gasteiger partial charge in [0, 0.05) is 17.6 Å². The molecule has 1 aromatic rings. The predicted molar refractivity (Wildman–Crippen MR) is 72.3 cm³/mol. The predicted octanol–water partition coefficient (Wildman–Crippen LogP) is -0.381. The van der Waals surface area contributed by atoms with Crippen molar-refractivity contribution < 1.29 is 19.5 Å². The van der Waals surface area contributed by atoms with Crippen LogP contribution in [0.3, 0.4) is 0 Å². The number of nitrogens with one attached hydrogen (secondary N) is 1. The van der Waals surface area contributed by atoms with Crippen LogP contribution in [0.25, 0.3) is 0 Å². The van der Waals surface area contributed by atoms with Gasteiger partial charge in [-0.2, -0.15) is 0 Å². The summed E-state index contributed by atoms with van der Waals surface area (Å²) in [4.78, 5) is 18.2. The molecule has 0 unspecified atom stereocenters. The summed E-state index contributed by atoms with van der Waals surface area (Å²) in [7, 11) is 0. The van der Waals surface area contributed by atoms with Crippen LogP contribution in [0.15, 0.2) is 28.7 Å². The second kappa shape index (κ2) is 6.53. The van der Waals surface area contributed by atoms with Crippen LogP contribution in [-0.4, -0.2) is 43.1 Å². The molecule has 102 valence electrons. The van der Waals surface area contributed by atoms with E-state index < -0.39 is 6.09 Å². The topological polar surface area (TPSA) is 78.8 Å². The van der Waals surface area contributed by atoms with E-state index in [0.29, 0.717) is 26.3 Å². The zero-order chi connectivity index (χ0) is 13.7. The number of ether oxygens (including phenoxy) is 1. The molecule has 1 aliphatic heterocycles. The molecule has 6 nitrogen and oxygen atoms in total. The van der Waals surface area contributed by atoms with Gasteiger partial charge in [-0.1, -0.05) is 21.1 Å². The van der Waals surface area contributed by atoms with Crippen molar-refractivity contribution in [2.24, 2.45) is 5.73 Å². The van der Waals surface area contributed by atoms with Crippen LogP contribution in [0.2, 0.25) is 0 Å². The van der Waals surface area contributed by atoms with E-state index in [1.54, 1.807) is 4.90 Å². The van der Waals surface area contributed by atoms with Gasteiger partial charge in [-0.15, -0.1) is 0 Å². The maximum atomic E-state index is 11.7. The van der Waals surface area contributed by atoms with Crippen LogP contribution >= 0.6 is 15.9 Å². The molecule has 0 spiro atoms. The van der Waals surface area contributed by atoms with Crippen LogP contribution in [0.1, 0.15) is 5.56 Å². The fourth-order valence-electron chi connectivity index (χ4n) is 1.60. The molecule has 2 rings (SSSR count). The molecule has 0 bridgehead atoms. The Hall–Kier alpha value is -1.60. The first-order chi connectivity index (χ1) is 9.16. The third-order valence-electron chi connectivity index (χ3n) is 2.67. The fourth-order valence-corrected chi connectivity index (χ4v) is 1.86. The van der Waals surface area contributed by atoms with E-state index in [9.17, 15) is 4.79 Å². The van der Waals surface area contributed by atoms with Gasteiger partial charge in [0.05, 0.1) is 18.8 Å². The van der Waals surface area contributed by atoms with E-state index in [0.717, 1.165) is 10.0 Å². The normalized spacial score (nSPS) is 16.3. The standard InChI is InChI=1S/C12H14BrN3O3/c13-10-3-1-9(2-4-10)11(14)15-19-12(17)16-5-7-18-8-6-16/h1-4H,5-8H2,(H2,14,15)/p+1. The third kappa shape index (κ3) is 3.93. The highest BCUT2D eigenvalue weighted by Crippen LogP contribution is 2.09. The molecule has 1 aromatic carbocycles. The Labute approximate surface area is 119 Å². The van der Waals surface area contributed by atoms with Crippen molar-refractivity contribution in [1.29, 1.82) is 0 Å².